The number of halogens is 3. The van der Waals surface area contributed by atoms with Crippen LogP contribution < -0.4 is 5.32 Å². The van der Waals surface area contributed by atoms with Crippen LogP contribution in [0.15, 0.2) is 42.9 Å². The number of imidazole rings is 1. The van der Waals surface area contributed by atoms with Crippen molar-refractivity contribution < 1.29 is 22.7 Å². The van der Waals surface area contributed by atoms with Gasteiger partial charge in [0.1, 0.15) is 23.7 Å². The fourth-order valence-electron chi connectivity index (χ4n) is 2.57. The van der Waals surface area contributed by atoms with Crippen LogP contribution in [0.3, 0.4) is 0 Å². The maximum absolute atomic E-state index is 12.8. The van der Waals surface area contributed by atoms with Crippen molar-refractivity contribution in [1.29, 1.82) is 0 Å². The number of nitrogens with one attached hydrogen (secondary N) is 1. The van der Waals surface area contributed by atoms with Crippen LogP contribution in [0.25, 0.3) is 16.9 Å². The maximum Gasteiger partial charge on any atom is 0.416 e. The van der Waals surface area contributed by atoms with Gasteiger partial charge in [-0.3, -0.25) is 4.79 Å². The van der Waals surface area contributed by atoms with Gasteiger partial charge >= 0.3 is 12.1 Å². The molecule has 0 amide bonds. The summed E-state index contributed by atoms with van der Waals surface area (Å²) in [6.07, 6.45) is 0.469. The van der Waals surface area contributed by atoms with Crippen molar-refractivity contribution in [3.63, 3.8) is 0 Å². The molecule has 3 rings (SSSR count). The molecule has 0 unspecified atom stereocenters. The van der Waals surface area contributed by atoms with Crippen LogP contribution in [0.5, 0.6) is 0 Å². The number of nitrogens with zero attached hydrogens (tertiary/aromatic N) is 3. The summed E-state index contributed by atoms with van der Waals surface area (Å²) in [5.74, 6) is -0.0811. The predicted molar refractivity (Wildman–Crippen MR) is 97.8 cm³/mol. The first-order valence-electron chi connectivity index (χ1n) is 8.50. The van der Waals surface area contributed by atoms with E-state index in [9.17, 15) is 18.0 Å². The van der Waals surface area contributed by atoms with Gasteiger partial charge < -0.3 is 14.5 Å². The number of hydrogen-bond acceptors (Lipinski definition) is 5. The van der Waals surface area contributed by atoms with Gasteiger partial charge in [-0.2, -0.15) is 13.2 Å². The van der Waals surface area contributed by atoms with Crippen LogP contribution in [0, 0.1) is 0 Å². The summed E-state index contributed by atoms with van der Waals surface area (Å²) >= 11 is 0. The summed E-state index contributed by atoms with van der Waals surface area (Å²) in [5.41, 5.74) is 0.0155. The number of anilines is 1. The summed E-state index contributed by atoms with van der Waals surface area (Å²) < 4.78 is 45.3. The van der Waals surface area contributed by atoms with Crippen molar-refractivity contribution >= 4 is 17.4 Å². The molecule has 9 heteroatoms. The van der Waals surface area contributed by atoms with Crippen LogP contribution in [0.4, 0.5) is 19.0 Å². The van der Waals surface area contributed by atoms with E-state index in [1.165, 1.54) is 12.1 Å². The minimum Gasteiger partial charge on any atom is -0.459 e. The third-order valence-electron chi connectivity index (χ3n) is 3.69. The molecule has 0 radical (unpaired) electrons. The second kappa shape index (κ2) is 7.14. The average molecular weight is 392 g/mol. The van der Waals surface area contributed by atoms with Crippen LogP contribution in [-0.2, 0) is 15.7 Å². The fourth-order valence-corrected chi connectivity index (χ4v) is 2.57. The first kappa shape index (κ1) is 19.7. The van der Waals surface area contributed by atoms with E-state index < -0.39 is 23.3 Å². The molecule has 0 fully saturated rings. The number of hydrogen-bond donors (Lipinski definition) is 1. The molecular formula is C19H19F3N4O2. The number of alkyl halides is 3. The molecule has 0 atom stereocenters. The number of fused-ring (bicyclic) bond motifs is 1. The maximum atomic E-state index is 12.8. The Morgan fingerprint density at radius 1 is 1.18 bits per heavy atom. The molecule has 2 aromatic heterocycles. The monoisotopic (exact) mass is 392 g/mol. The fraction of sp³-hybridized carbons (Fsp3) is 0.316. The Bertz CT molecular complexity index is 989. The Kier molecular flexibility index (Phi) is 5.01. The molecule has 0 aliphatic heterocycles. The lowest BCUT2D eigenvalue weighted by Gasteiger charge is -2.19. The zero-order chi connectivity index (χ0) is 20.5. The number of carbonyl (C=O) groups is 1. The second-order valence-electron chi connectivity index (χ2n) is 7.15. The molecule has 0 saturated carbocycles. The van der Waals surface area contributed by atoms with Crippen molar-refractivity contribution in [2.75, 3.05) is 11.9 Å². The normalized spacial score (nSPS) is 12.2. The molecule has 1 N–H and O–H groups in total. The van der Waals surface area contributed by atoms with E-state index in [0.29, 0.717) is 22.7 Å². The third-order valence-corrected chi connectivity index (χ3v) is 3.69. The highest BCUT2D eigenvalue weighted by Gasteiger charge is 2.30. The van der Waals surface area contributed by atoms with Gasteiger partial charge in [-0.05, 0) is 32.9 Å². The standard InChI is InChI=1S/C19H19F3N4O2/c1-18(2,3)28-15(27)10-24-14-11-26-9-8-23-17(26)16(25-14)12-4-6-13(7-5-12)19(20,21)22/h4-9,11,24H,10H2,1-3H3. The van der Waals surface area contributed by atoms with Crippen LogP contribution in [-0.4, -0.2) is 32.5 Å². The van der Waals surface area contributed by atoms with Crippen molar-refractivity contribution in [3.05, 3.63) is 48.4 Å². The molecule has 1 aromatic carbocycles. The Morgan fingerprint density at radius 2 is 1.86 bits per heavy atom. The molecular weight excluding hydrogens is 373 g/mol. The Morgan fingerprint density at radius 3 is 2.46 bits per heavy atom. The number of carbonyl (C=O) groups excluding carboxylic acids is 1. The van der Waals surface area contributed by atoms with Gasteiger partial charge in [-0.15, -0.1) is 0 Å². The molecule has 0 aliphatic carbocycles. The van der Waals surface area contributed by atoms with E-state index in [0.717, 1.165) is 12.1 Å². The first-order chi connectivity index (χ1) is 13.0. The van der Waals surface area contributed by atoms with Crippen molar-refractivity contribution in [2.24, 2.45) is 0 Å². The van der Waals surface area contributed by atoms with E-state index in [2.05, 4.69) is 15.3 Å². The average Bonchev–Trinajstić information content (AvgIpc) is 3.05. The van der Waals surface area contributed by atoms with Gasteiger partial charge in [0, 0.05) is 18.0 Å². The minimum atomic E-state index is -4.41. The van der Waals surface area contributed by atoms with E-state index in [4.69, 9.17) is 4.74 Å². The van der Waals surface area contributed by atoms with E-state index in [-0.39, 0.29) is 6.54 Å². The van der Waals surface area contributed by atoms with Gasteiger partial charge in [0.05, 0.1) is 11.8 Å². The second-order valence-corrected chi connectivity index (χ2v) is 7.15. The highest BCUT2D eigenvalue weighted by atomic mass is 19.4. The van der Waals surface area contributed by atoms with Gasteiger partial charge in [-0.25, -0.2) is 9.97 Å². The summed E-state index contributed by atoms with van der Waals surface area (Å²) in [5, 5.41) is 2.88. The lowest BCUT2D eigenvalue weighted by Crippen LogP contribution is -2.28. The van der Waals surface area contributed by atoms with E-state index in [1.54, 1.807) is 43.8 Å². The lowest BCUT2D eigenvalue weighted by molar-refractivity contribution is -0.152. The topological polar surface area (TPSA) is 68.5 Å². The molecule has 0 bridgehead atoms. The molecule has 0 saturated heterocycles. The van der Waals surface area contributed by atoms with Crippen LogP contribution in [0.2, 0.25) is 0 Å². The van der Waals surface area contributed by atoms with Crippen molar-refractivity contribution in [1.82, 2.24) is 14.4 Å². The smallest absolute Gasteiger partial charge is 0.416 e. The van der Waals surface area contributed by atoms with E-state index in [1.807, 2.05) is 0 Å². The number of rotatable bonds is 4. The molecule has 2 heterocycles. The van der Waals surface area contributed by atoms with Crippen molar-refractivity contribution in [3.8, 4) is 11.3 Å². The summed E-state index contributed by atoms with van der Waals surface area (Å²) in [6, 6.07) is 4.68. The molecule has 0 spiro atoms. The molecule has 148 valence electrons. The van der Waals surface area contributed by atoms with Gasteiger partial charge in [-0.1, -0.05) is 12.1 Å². The highest BCUT2D eigenvalue weighted by Crippen LogP contribution is 2.31. The summed E-state index contributed by atoms with van der Waals surface area (Å²) in [4.78, 5) is 20.5. The number of esters is 1. The zero-order valence-corrected chi connectivity index (χ0v) is 15.5. The highest BCUT2D eigenvalue weighted by molar-refractivity contribution is 5.77. The minimum absolute atomic E-state index is 0.100. The Hall–Kier alpha value is -3.10. The van der Waals surface area contributed by atoms with Gasteiger partial charge in [0.2, 0.25) is 0 Å². The molecule has 0 aliphatic rings. The van der Waals surface area contributed by atoms with Crippen molar-refractivity contribution in [2.45, 2.75) is 32.5 Å². The Balaban J connectivity index is 1.88. The van der Waals surface area contributed by atoms with Crippen LogP contribution in [0.1, 0.15) is 26.3 Å². The SMILES string of the molecule is CC(C)(C)OC(=O)CNc1cn2ccnc2c(-c2ccc(C(F)(F)F)cc2)n1. The van der Waals surface area contributed by atoms with Gasteiger partial charge in [0.15, 0.2) is 5.65 Å². The summed E-state index contributed by atoms with van der Waals surface area (Å²) in [7, 11) is 0. The molecule has 3 aromatic rings. The van der Waals surface area contributed by atoms with Crippen LogP contribution >= 0.6 is 0 Å². The summed E-state index contributed by atoms with van der Waals surface area (Å²) in [6.45, 7) is 5.20. The first-order valence-corrected chi connectivity index (χ1v) is 8.50. The third kappa shape index (κ3) is 4.59. The largest absolute Gasteiger partial charge is 0.459 e. The van der Waals surface area contributed by atoms with Gasteiger partial charge in [0.25, 0.3) is 0 Å². The Labute approximate surface area is 159 Å². The molecule has 6 nitrogen and oxygen atoms in total. The number of ether oxygens (including phenoxy) is 1. The zero-order valence-electron chi connectivity index (χ0n) is 15.5. The predicted octanol–water partition coefficient (Wildman–Crippen LogP) is 4.17. The lowest BCUT2D eigenvalue weighted by atomic mass is 10.1. The van der Waals surface area contributed by atoms with E-state index >= 15 is 0 Å². The number of benzene rings is 1. The quantitative estimate of drug-likeness (QED) is 0.675. The molecule has 28 heavy (non-hydrogen) atoms. The number of aromatic nitrogens is 3.